The van der Waals surface area contributed by atoms with Gasteiger partial charge in [-0.05, 0) is 146 Å². The largest absolute Gasteiger partial charge is 0.310 e. The van der Waals surface area contributed by atoms with Gasteiger partial charge in [0.2, 0.25) is 0 Å². The van der Waals surface area contributed by atoms with Crippen LogP contribution in [0.15, 0.2) is 133 Å². The van der Waals surface area contributed by atoms with Gasteiger partial charge in [0.1, 0.15) is 0 Å². The van der Waals surface area contributed by atoms with Crippen molar-refractivity contribution in [2.45, 2.75) is 33.6 Å². The molecule has 0 saturated carbocycles. The summed E-state index contributed by atoms with van der Waals surface area (Å²) >= 11 is 0. The molecule has 7 aromatic carbocycles. The normalized spacial score (nSPS) is 11.8. The van der Waals surface area contributed by atoms with Gasteiger partial charge in [-0.2, -0.15) is 0 Å². The number of hydrogen-bond acceptors (Lipinski definition) is 1. The second kappa shape index (κ2) is 10.2. The lowest BCUT2D eigenvalue weighted by Crippen LogP contribution is -2.13. The minimum Gasteiger partial charge on any atom is -0.310 e. The van der Waals surface area contributed by atoms with Crippen molar-refractivity contribution in [3.8, 4) is 33.4 Å². The summed E-state index contributed by atoms with van der Waals surface area (Å²) in [7, 11) is 0. The minimum atomic E-state index is 0.462. The molecule has 0 radical (unpaired) electrons. The Balaban J connectivity index is 1.25. The number of hydrogen-bond donors (Lipinski definition) is 0. The molecule has 0 unspecified atom stereocenters. The molecule has 1 aliphatic rings. The second-order valence-corrected chi connectivity index (χ2v) is 12.6. The summed E-state index contributed by atoms with van der Waals surface area (Å²) < 4.78 is 0. The van der Waals surface area contributed by atoms with E-state index < -0.39 is 0 Å². The Morgan fingerprint density at radius 1 is 0.432 bits per heavy atom. The first-order valence-electron chi connectivity index (χ1n) is 15.6. The molecule has 0 saturated heterocycles. The molecular weight excluding hydrogens is 530 g/mol. The fraction of sp³-hybridized carbons (Fsp3) is 0.116. The van der Waals surface area contributed by atoms with Crippen LogP contribution in [-0.2, 0) is 0 Å². The van der Waals surface area contributed by atoms with Crippen LogP contribution in [0.4, 0.5) is 17.1 Å². The van der Waals surface area contributed by atoms with E-state index in [4.69, 9.17) is 0 Å². The van der Waals surface area contributed by atoms with Gasteiger partial charge in [0.05, 0.1) is 0 Å². The van der Waals surface area contributed by atoms with E-state index in [1.807, 2.05) is 0 Å². The van der Waals surface area contributed by atoms with Crippen molar-refractivity contribution in [3.63, 3.8) is 0 Å². The summed E-state index contributed by atoms with van der Waals surface area (Å²) in [5.41, 5.74) is 15.4. The maximum atomic E-state index is 2.45. The van der Waals surface area contributed by atoms with Crippen molar-refractivity contribution >= 4 is 38.6 Å². The van der Waals surface area contributed by atoms with Crippen LogP contribution in [0, 0.1) is 13.8 Å². The molecule has 212 valence electrons. The molecule has 0 amide bonds. The zero-order valence-electron chi connectivity index (χ0n) is 25.7. The first kappa shape index (κ1) is 26.5. The summed E-state index contributed by atoms with van der Waals surface area (Å²) in [6, 6.07) is 49.6. The molecule has 44 heavy (non-hydrogen) atoms. The molecule has 0 spiro atoms. The lowest BCUT2D eigenvalue weighted by atomic mass is 9.77. The quantitative estimate of drug-likeness (QED) is 0.201. The van der Waals surface area contributed by atoms with E-state index in [2.05, 4.69) is 166 Å². The highest BCUT2D eigenvalue weighted by atomic mass is 15.1. The Kier molecular flexibility index (Phi) is 6.17. The van der Waals surface area contributed by atoms with E-state index in [0.717, 1.165) is 0 Å². The number of aryl methyl sites for hydroxylation is 2. The Bertz CT molecular complexity index is 2220. The Morgan fingerprint density at radius 2 is 1.02 bits per heavy atom. The van der Waals surface area contributed by atoms with Crippen molar-refractivity contribution < 1.29 is 0 Å². The lowest BCUT2D eigenvalue weighted by molar-refractivity contribution is 0.865. The predicted octanol–water partition coefficient (Wildman–Crippen LogP) is 12.5. The number of benzene rings is 7. The SMILES string of the molecule is Cc1ccccc1N(c1ccc2cc3c(cc2c1)-c1cc2cc(-c4ccccc4)ccc2cc1-3)c1cc(C(C)C)ccc1C. The summed E-state index contributed by atoms with van der Waals surface area (Å²) in [6.45, 7) is 8.96. The van der Waals surface area contributed by atoms with Gasteiger partial charge in [-0.1, -0.05) is 92.7 Å². The maximum absolute atomic E-state index is 2.45. The second-order valence-electron chi connectivity index (χ2n) is 12.6. The Labute approximate surface area is 260 Å². The molecule has 1 nitrogen and oxygen atoms in total. The van der Waals surface area contributed by atoms with E-state index in [1.54, 1.807) is 0 Å². The molecule has 0 aromatic heterocycles. The highest BCUT2D eigenvalue weighted by Crippen LogP contribution is 2.51. The van der Waals surface area contributed by atoms with E-state index in [-0.39, 0.29) is 0 Å². The van der Waals surface area contributed by atoms with Gasteiger partial charge in [-0.3, -0.25) is 0 Å². The molecule has 1 heteroatoms. The predicted molar refractivity (Wildman–Crippen MR) is 190 cm³/mol. The third-order valence-electron chi connectivity index (χ3n) is 9.38. The molecular formula is C43H35N. The molecule has 0 N–H and O–H groups in total. The van der Waals surface area contributed by atoms with Crippen molar-refractivity contribution in [3.05, 3.63) is 150 Å². The fourth-order valence-electron chi connectivity index (χ4n) is 6.81. The standard InChI is InChI=1S/C43H35N/c1-27(2)31-15-14-29(4)43(26-31)44(42-13-9-8-10-28(42)3)37-19-18-34-23-39-38-22-33-17-16-32(30-11-6-5-7-12-30)20-35(33)24-40(38)41(39)25-36(34)21-37/h5-27H,1-4H3. The van der Waals surface area contributed by atoms with Crippen molar-refractivity contribution in [2.75, 3.05) is 4.90 Å². The molecule has 0 heterocycles. The molecule has 0 bridgehead atoms. The number of rotatable bonds is 5. The van der Waals surface area contributed by atoms with Crippen LogP contribution in [0.25, 0.3) is 54.9 Å². The van der Waals surface area contributed by atoms with Gasteiger partial charge in [-0.15, -0.1) is 0 Å². The zero-order valence-corrected chi connectivity index (χ0v) is 25.7. The van der Waals surface area contributed by atoms with Gasteiger partial charge in [0.15, 0.2) is 0 Å². The molecule has 1 aliphatic carbocycles. The highest BCUT2D eigenvalue weighted by molar-refractivity contribution is 6.12. The average Bonchev–Trinajstić information content (AvgIpc) is 3.05. The minimum absolute atomic E-state index is 0.462. The van der Waals surface area contributed by atoms with Crippen molar-refractivity contribution in [1.82, 2.24) is 0 Å². The Hall–Kier alpha value is -5.14. The van der Waals surface area contributed by atoms with Crippen LogP contribution in [0.1, 0.15) is 36.5 Å². The zero-order chi connectivity index (χ0) is 29.9. The maximum Gasteiger partial charge on any atom is 0.0493 e. The van der Waals surface area contributed by atoms with Crippen LogP contribution >= 0.6 is 0 Å². The van der Waals surface area contributed by atoms with Crippen LogP contribution in [0.2, 0.25) is 0 Å². The third kappa shape index (κ3) is 4.31. The van der Waals surface area contributed by atoms with Gasteiger partial charge in [-0.25, -0.2) is 0 Å². The van der Waals surface area contributed by atoms with E-state index in [1.165, 1.54) is 88.7 Å². The smallest absolute Gasteiger partial charge is 0.0493 e. The topological polar surface area (TPSA) is 3.24 Å². The monoisotopic (exact) mass is 565 g/mol. The van der Waals surface area contributed by atoms with E-state index in [9.17, 15) is 0 Å². The third-order valence-corrected chi connectivity index (χ3v) is 9.38. The van der Waals surface area contributed by atoms with Crippen LogP contribution in [-0.4, -0.2) is 0 Å². The lowest BCUT2D eigenvalue weighted by Gasteiger charge is -2.30. The average molecular weight is 566 g/mol. The van der Waals surface area contributed by atoms with Gasteiger partial charge in [0, 0.05) is 17.1 Å². The van der Waals surface area contributed by atoms with Gasteiger partial charge in [0.25, 0.3) is 0 Å². The van der Waals surface area contributed by atoms with Gasteiger partial charge >= 0.3 is 0 Å². The molecule has 7 aromatic rings. The molecule has 0 atom stereocenters. The first-order chi connectivity index (χ1) is 21.4. The molecule has 0 aliphatic heterocycles. The Morgan fingerprint density at radius 3 is 1.70 bits per heavy atom. The van der Waals surface area contributed by atoms with E-state index >= 15 is 0 Å². The van der Waals surface area contributed by atoms with Crippen LogP contribution < -0.4 is 4.90 Å². The summed E-state index contributed by atoms with van der Waals surface area (Å²) in [5.74, 6) is 0.462. The van der Waals surface area contributed by atoms with Crippen LogP contribution in [0.5, 0.6) is 0 Å². The number of fused-ring (bicyclic) bond motifs is 6. The van der Waals surface area contributed by atoms with E-state index in [0.29, 0.717) is 5.92 Å². The number of para-hydroxylation sites is 1. The first-order valence-corrected chi connectivity index (χ1v) is 15.6. The summed E-state index contributed by atoms with van der Waals surface area (Å²) in [6.07, 6.45) is 0. The molecule has 8 rings (SSSR count). The van der Waals surface area contributed by atoms with Crippen molar-refractivity contribution in [2.24, 2.45) is 0 Å². The molecule has 0 fully saturated rings. The fourth-order valence-corrected chi connectivity index (χ4v) is 6.81. The van der Waals surface area contributed by atoms with Crippen LogP contribution in [0.3, 0.4) is 0 Å². The summed E-state index contributed by atoms with van der Waals surface area (Å²) in [4.78, 5) is 2.45. The number of nitrogens with zero attached hydrogens (tertiary/aromatic N) is 1. The van der Waals surface area contributed by atoms with Gasteiger partial charge < -0.3 is 4.90 Å². The summed E-state index contributed by atoms with van der Waals surface area (Å²) in [5, 5.41) is 5.12. The van der Waals surface area contributed by atoms with Crippen molar-refractivity contribution in [1.29, 1.82) is 0 Å². The number of anilines is 3. The highest BCUT2D eigenvalue weighted by Gasteiger charge is 2.25.